The van der Waals surface area contributed by atoms with E-state index in [4.69, 9.17) is 25.8 Å². The largest absolute Gasteiger partial charge is 0.445 e. The van der Waals surface area contributed by atoms with E-state index < -0.39 is 114 Å². The highest BCUT2D eigenvalue weighted by Gasteiger charge is 2.44. The van der Waals surface area contributed by atoms with Crippen LogP contribution in [0.2, 0.25) is 0 Å². The molecular weight excluding hydrogens is 1150 g/mol. The number of rotatable bonds is 38. The van der Waals surface area contributed by atoms with Crippen LogP contribution in [0.3, 0.4) is 0 Å². The van der Waals surface area contributed by atoms with E-state index in [-0.39, 0.29) is 68.4 Å². The number of unbranched alkanes of at least 4 members (excludes halogenated alkanes) is 2. The van der Waals surface area contributed by atoms with Gasteiger partial charge in [0.05, 0.1) is 55.4 Å². The minimum absolute atomic E-state index is 0.0851. The van der Waals surface area contributed by atoms with Crippen molar-refractivity contribution in [2.24, 2.45) is 41.2 Å². The van der Waals surface area contributed by atoms with Crippen molar-refractivity contribution in [1.29, 1.82) is 0 Å². The number of nitrogens with zero attached hydrogens (tertiary/aromatic N) is 3. The standard InChI is InChI=1S/C64H105N11O14/c1-15-41(8)55(49(86-13)36-51(77)75-34-23-27-48(75)57(87-14)42(9)58(79)68-43(10)56(78)45-24-18-16-19-25-45)73(11)62(83)53(39(4)5)72-61(82)54(40(6)7)74(12)64(85)88-37-44-29-31-46(32-30-44)69-59(80)47(26-22-33-67-63(65)84)70-60(81)52(38(2)3)71-50(76)28-20-17-21-35-89-66/h16,18-19,24-25,29-32,38-43,47-49,52-57,78H,15,17,20-23,26-28,33-37,66H2,1-14H3,(H,68,79)(H,69,80)(H,70,81)(H,71,76)(H,72,82)(H3,65,67,84)/t41-,42+,43+,47-,48-,49+,52-,53-,54-,55-,56+,57+/m0/s1. The molecule has 500 valence electrons. The Morgan fingerprint density at radius 2 is 1.38 bits per heavy atom. The number of ether oxygens (including phenoxy) is 3. The number of anilines is 1. The maximum Gasteiger partial charge on any atom is 0.410 e. The Balaban J connectivity index is 1.70. The molecule has 0 radical (unpaired) electrons. The topological polar surface area (TPSA) is 345 Å². The number of aliphatic hydroxyl groups excluding tert-OH is 1. The van der Waals surface area contributed by atoms with Crippen molar-refractivity contribution in [3.05, 3.63) is 65.7 Å². The molecule has 0 spiro atoms. The summed E-state index contributed by atoms with van der Waals surface area (Å²) < 4.78 is 17.7. The maximum atomic E-state index is 14.8. The number of nitrogens with two attached hydrogens (primary N) is 2. The van der Waals surface area contributed by atoms with Gasteiger partial charge < -0.3 is 71.6 Å². The zero-order chi connectivity index (χ0) is 66.7. The van der Waals surface area contributed by atoms with Crippen LogP contribution in [0.15, 0.2) is 54.6 Å². The fourth-order valence-corrected chi connectivity index (χ4v) is 11.3. The lowest BCUT2D eigenvalue weighted by Gasteiger charge is -2.41. The molecule has 25 heteroatoms. The molecule has 0 bridgehead atoms. The number of nitrogens with one attached hydrogen (secondary N) is 6. The highest BCUT2D eigenvalue weighted by Crippen LogP contribution is 2.30. The molecule has 11 N–H and O–H groups in total. The number of amides is 10. The van der Waals surface area contributed by atoms with E-state index in [1.165, 1.54) is 26.2 Å². The van der Waals surface area contributed by atoms with Gasteiger partial charge in [0, 0.05) is 53.5 Å². The summed E-state index contributed by atoms with van der Waals surface area (Å²) in [6.45, 7) is 18.9. The summed E-state index contributed by atoms with van der Waals surface area (Å²) in [6.07, 6.45) is 1.19. The first-order valence-electron chi connectivity index (χ1n) is 31.3. The molecule has 1 saturated heterocycles. The zero-order valence-electron chi connectivity index (χ0n) is 55.0. The number of hydrogen-bond acceptors (Lipinski definition) is 15. The van der Waals surface area contributed by atoms with Gasteiger partial charge in [-0.1, -0.05) is 118 Å². The predicted molar refractivity (Wildman–Crippen MR) is 338 cm³/mol. The number of urea groups is 1. The van der Waals surface area contributed by atoms with Gasteiger partial charge in [-0.3, -0.25) is 38.5 Å². The Bertz CT molecular complexity index is 2560. The van der Waals surface area contributed by atoms with Crippen molar-refractivity contribution in [2.45, 2.75) is 201 Å². The molecule has 2 aromatic rings. The first-order valence-corrected chi connectivity index (χ1v) is 31.3. The van der Waals surface area contributed by atoms with Crippen LogP contribution in [0.5, 0.6) is 0 Å². The number of methoxy groups -OCH3 is 2. The van der Waals surface area contributed by atoms with Crippen molar-refractivity contribution in [1.82, 2.24) is 41.3 Å². The number of primary amides is 1. The number of hydrogen-bond donors (Lipinski definition) is 9. The van der Waals surface area contributed by atoms with Crippen LogP contribution in [0, 0.1) is 29.6 Å². The quantitative estimate of drug-likeness (QED) is 0.0314. The van der Waals surface area contributed by atoms with Crippen molar-refractivity contribution in [3.8, 4) is 0 Å². The fraction of sp³-hybridized carbons (Fsp3) is 0.672. The number of carbonyl (C=O) groups is 9. The van der Waals surface area contributed by atoms with Crippen LogP contribution in [0.4, 0.5) is 15.3 Å². The van der Waals surface area contributed by atoms with E-state index in [2.05, 4.69) is 36.7 Å². The average Bonchev–Trinajstić information content (AvgIpc) is 4.10. The first-order chi connectivity index (χ1) is 42.1. The summed E-state index contributed by atoms with van der Waals surface area (Å²) in [5.74, 6) is 0.0756. The number of likely N-dealkylation sites (tertiary alicyclic amines) is 1. The van der Waals surface area contributed by atoms with E-state index in [9.17, 15) is 48.3 Å². The third kappa shape index (κ3) is 23.8. The smallest absolute Gasteiger partial charge is 0.410 e. The van der Waals surface area contributed by atoms with Crippen LogP contribution >= 0.6 is 0 Å². The highest BCUT2D eigenvalue weighted by atomic mass is 16.6. The molecule has 3 rings (SSSR count). The van der Waals surface area contributed by atoms with Crippen LogP contribution < -0.4 is 43.5 Å². The molecule has 1 fully saturated rings. The molecule has 1 aliphatic rings. The summed E-state index contributed by atoms with van der Waals surface area (Å²) in [4.78, 5) is 132. The molecule has 10 amide bonds. The van der Waals surface area contributed by atoms with Gasteiger partial charge in [-0.2, -0.15) is 0 Å². The third-order valence-electron chi connectivity index (χ3n) is 16.7. The first kappa shape index (κ1) is 76.3. The Morgan fingerprint density at radius 3 is 1.96 bits per heavy atom. The minimum atomic E-state index is -1.07. The number of likely N-dealkylation sites (N-methyl/N-ethyl adjacent to an activating group) is 2. The van der Waals surface area contributed by atoms with Crippen molar-refractivity contribution in [3.63, 3.8) is 0 Å². The summed E-state index contributed by atoms with van der Waals surface area (Å²) in [6, 6.07) is 8.99. The zero-order valence-corrected chi connectivity index (χ0v) is 55.0. The Hall–Kier alpha value is -6.93. The molecule has 2 aromatic carbocycles. The fourth-order valence-electron chi connectivity index (χ4n) is 11.3. The van der Waals surface area contributed by atoms with Crippen molar-refractivity contribution in [2.75, 3.05) is 53.3 Å². The van der Waals surface area contributed by atoms with Gasteiger partial charge in [-0.15, -0.1) is 0 Å². The average molecular weight is 1250 g/mol. The molecule has 0 saturated carbocycles. The summed E-state index contributed by atoms with van der Waals surface area (Å²) in [5, 5.41) is 27.7. The lowest BCUT2D eigenvalue weighted by molar-refractivity contribution is -0.148. The van der Waals surface area contributed by atoms with Crippen molar-refractivity contribution < 1.29 is 67.3 Å². The summed E-state index contributed by atoms with van der Waals surface area (Å²) >= 11 is 0. The van der Waals surface area contributed by atoms with Gasteiger partial charge in [-0.25, -0.2) is 15.5 Å². The Labute approximate surface area is 526 Å². The molecular formula is C64H105N11O14. The summed E-state index contributed by atoms with van der Waals surface area (Å²) in [5.41, 5.74) is 6.80. The minimum Gasteiger partial charge on any atom is -0.445 e. The lowest BCUT2D eigenvalue weighted by Crippen LogP contribution is -2.60. The molecule has 0 unspecified atom stereocenters. The van der Waals surface area contributed by atoms with E-state index in [1.54, 1.807) is 109 Å². The van der Waals surface area contributed by atoms with Crippen molar-refractivity contribution >= 4 is 59.2 Å². The molecule has 1 aliphatic heterocycles. The second-order valence-electron chi connectivity index (χ2n) is 24.5. The highest BCUT2D eigenvalue weighted by molar-refractivity contribution is 5.98. The Morgan fingerprint density at radius 1 is 0.730 bits per heavy atom. The SMILES string of the molecule is CC[C@H](C)[C@@H]([C@@H](CC(=O)N1CCC[C@H]1[C@H](OC)[C@@H](C)C(=O)N[C@H](C)[C@@H](O)c1ccccc1)OC)N(C)C(=O)[C@@H](NC(=O)[C@H](C(C)C)N(C)C(=O)OCc1ccc(NC(=O)[C@H](CCCNC(N)=O)NC(=O)[C@@H](NC(=O)CCCCCON)C(C)C)cc1)C(C)C. The van der Waals surface area contributed by atoms with Gasteiger partial charge in [0.15, 0.2) is 0 Å². The second kappa shape index (κ2) is 38.6. The lowest BCUT2D eigenvalue weighted by atomic mass is 9.89. The summed E-state index contributed by atoms with van der Waals surface area (Å²) in [7, 11) is 6.10. The normalized spacial score (nSPS) is 16.9. The molecule has 0 aliphatic carbocycles. The van der Waals surface area contributed by atoms with Crippen LogP contribution in [0.1, 0.15) is 151 Å². The van der Waals surface area contributed by atoms with E-state index >= 15 is 0 Å². The molecule has 1 heterocycles. The number of aliphatic hydroxyl groups is 1. The van der Waals surface area contributed by atoms with E-state index in [0.717, 1.165) is 0 Å². The van der Waals surface area contributed by atoms with E-state index in [0.29, 0.717) is 68.5 Å². The third-order valence-corrected chi connectivity index (χ3v) is 16.7. The predicted octanol–water partition coefficient (Wildman–Crippen LogP) is 5.04. The maximum absolute atomic E-state index is 14.8. The second-order valence-corrected chi connectivity index (χ2v) is 24.5. The molecule has 0 aromatic heterocycles. The van der Waals surface area contributed by atoms with Gasteiger partial charge in [0.1, 0.15) is 30.8 Å². The van der Waals surface area contributed by atoms with Gasteiger partial charge in [-0.05, 0) is 92.4 Å². The van der Waals surface area contributed by atoms with Crippen LogP contribution in [0.25, 0.3) is 0 Å². The van der Waals surface area contributed by atoms with Crippen LogP contribution in [-0.4, -0.2) is 176 Å². The van der Waals surface area contributed by atoms with Gasteiger partial charge >= 0.3 is 12.1 Å². The molecule has 89 heavy (non-hydrogen) atoms. The van der Waals surface area contributed by atoms with Gasteiger partial charge in [0.25, 0.3) is 0 Å². The van der Waals surface area contributed by atoms with E-state index in [1.807, 2.05) is 32.0 Å². The van der Waals surface area contributed by atoms with Crippen LogP contribution in [-0.2, 0) is 59.2 Å². The molecule has 25 nitrogen and oxygen atoms in total. The number of benzene rings is 2. The Kier molecular flexibility index (Phi) is 33.1. The number of carbonyl (C=O) groups excluding carboxylic acids is 9. The molecule has 12 atom stereocenters. The van der Waals surface area contributed by atoms with Gasteiger partial charge in [0.2, 0.25) is 41.4 Å². The monoisotopic (exact) mass is 1250 g/mol.